The van der Waals surface area contributed by atoms with Gasteiger partial charge in [-0.2, -0.15) is 4.31 Å². The van der Waals surface area contributed by atoms with E-state index < -0.39 is 10.0 Å². The van der Waals surface area contributed by atoms with Crippen LogP contribution < -0.4 is 4.90 Å². The van der Waals surface area contributed by atoms with Crippen LogP contribution in [0.15, 0.2) is 47.6 Å². The molecule has 4 rings (SSSR count). The molecule has 3 heterocycles. The van der Waals surface area contributed by atoms with Gasteiger partial charge in [0, 0.05) is 38.6 Å². The molecular formula is C17H19N5O2S. The maximum absolute atomic E-state index is 12.7. The van der Waals surface area contributed by atoms with Crippen LogP contribution >= 0.6 is 0 Å². The van der Waals surface area contributed by atoms with Crippen molar-refractivity contribution in [3.63, 3.8) is 0 Å². The summed E-state index contributed by atoms with van der Waals surface area (Å²) in [5, 5.41) is 0. The highest BCUT2D eigenvalue weighted by Crippen LogP contribution is 2.22. The molecule has 0 aliphatic carbocycles. The number of aromatic nitrogens is 3. The zero-order valence-corrected chi connectivity index (χ0v) is 14.7. The van der Waals surface area contributed by atoms with Crippen LogP contribution in [-0.4, -0.2) is 53.9 Å². The predicted molar refractivity (Wildman–Crippen MR) is 96.0 cm³/mol. The van der Waals surface area contributed by atoms with E-state index in [2.05, 4.69) is 25.9 Å². The minimum atomic E-state index is -3.48. The summed E-state index contributed by atoms with van der Waals surface area (Å²) >= 11 is 0. The molecule has 8 heteroatoms. The van der Waals surface area contributed by atoms with Gasteiger partial charge in [-0.1, -0.05) is 6.07 Å². The number of fused-ring (bicyclic) bond motifs is 1. The number of imidazole rings is 1. The molecule has 25 heavy (non-hydrogen) atoms. The van der Waals surface area contributed by atoms with Gasteiger partial charge >= 0.3 is 0 Å². The number of hydrogen-bond acceptors (Lipinski definition) is 5. The van der Waals surface area contributed by atoms with Crippen molar-refractivity contribution in [2.24, 2.45) is 0 Å². The van der Waals surface area contributed by atoms with Gasteiger partial charge < -0.3 is 9.88 Å². The molecule has 1 saturated heterocycles. The Balaban J connectivity index is 1.51. The van der Waals surface area contributed by atoms with E-state index >= 15 is 0 Å². The summed E-state index contributed by atoms with van der Waals surface area (Å²) < 4.78 is 26.8. The lowest BCUT2D eigenvalue weighted by Crippen LogP contribution is -2.49. The van der Waals surface area contributed by atoms with Gasteiger partial charge in [-0.05, 0) is 36.8 Å². The first-order valence-electron chi connectivity index (χ1n) is 8.15. The lowest BCUT2D eigenvalue weighted by molar-refractivity contribution is 0.383. The Bertz CT molecular complexity index is 992. The zero-order chi connectivity index (χ0) is 17.4. The molecule has 7 nitrogen and oxygen atoms in total. The molecule has 0 saturated carbocycles. The van der Waals surface area contributed by atoms with E-state index in [1.54, 1.807) is 18.3 Å². The second kappa shape index (κ2) is 6.12. The van der Waals surface area contributed by atoms with Gasteiger partial charge in [0.15, 0.2) is 0 Å². The average Bonchev–Trinajstić information content (AvgIpc) is 3.06. The first kappa shape index (κ1) is 16.0. The van der Waals surface area contributed by atoms with Crippen LogP contribution in [0.25, 0.3) is 11.0 Å². The number of aryl methyl sites for hydroxylation is 1. The number of nitrogens with one attached hydrogen (secondary N) is 1. The van der Waals surface area contributed by atoms with Crippen molar-refractivity contribution in [2.75, 3.05) is 31.1 Å². The number of piperazine rings is 1. The Morgan fingerprint density at radius 1 is 1.12 bits per heavy atom. The van der Waals surface area contributed by atoms with E-state index in [0.717, 1.165) is 17.0 Å². The van der Waals surface area contributed by atoms with E-state index in [4.69, 9.17) is 0 Å². The number of anilines is 1. The summed E-state index contributed by atoms with van der Waals surface area (Å²) in [7, 11) is -3.48. The predicted octanol–water partition coefficient (Wildman–Crippen LogP) is 1.78. The van der Waals surface area contributed by atoms with Crippen molar-refractivity contribution >= 4 is 27.0 Å². The summed E-state index contributed by atoms with van der Waals surface area (Å²) in [6.07, 6.45) is 2.96. The van der Waals surface area contributed by atoms with Gasteiger partial charge in [-0.25, -0.2) is 13.4 Å². The molecule has 1 N–H and O–H groups in total. The topological polar surface area (TPSA) is 82.2 Å². The van der Waals surface area contributed by atoms with E-state index in [1.165, 1.54) is 16.1 Å². The molecule has 0 spiro atoms. The highest BCUT2D eigenvalue weighted by Gasteiger charge is 2.29. The average molecular weight is 357 g/mol. The fourth-order valence-corrected chi connectivity index (χ4v) is 4.44. The maximum atomic E-state index is 12.7. The number of H-pyrrole nitrogens is 1. The molecule has 1 aliphatic rings. The third-order valence-corrected chi connectivity index (χ3v) is 6.32. The molecule has 2 aromatic heterocycles. The third-order valence-electron chi connectivity index (χ3n) is 4.44. The monoisotopic (exact) mass is 357 g/mol. The van der Waals surface area contributed by atoms with Crippen LogP contribution in [0.4, 0.5) is 5.95 Å². The number of nitrogens with zero attached hydrogens (tertiary/aromatic N) is 4. The molecular weight excluding hydrogens is 338 g/mol. The molecule has 1 aliphatic heterocycles. The Kier molecular flexibility index (Phi) is 3.93. The summed E-state index contributed by atoms with van der Waals surface area (Å²) in [4.78, 5) is 14.2. The summed E-state index contributed by atoms with van der Waals surface area (Å²) in [5.74, 6) is 0.791. The van der Waals surface area contributed by atoms with Crippen molar-refractivity contribution in [2.45, 2.75) is 11.8 Å². The first-order valence-corrected chi connectivity index (χ1v) is 9.59. The van der Waals surface area contributed by atoms with E-state index in [-0.39, 0.29) is 4.90 Å². The van der Waals surface area contributed by atoms with E-state index in [1.807, 2.05) is 19.1 Å². The number of aromatic amines is 1. The number of pyridine rings is 1. The SMILES string of the molecule is Cc1ccc2nc(N3CCN(S(=O)(=O)c4cccnc4)CC3)[nH]c2c1. The number of benzene rings is 1. The second-order valence-corrected chi connectivity index (χ2v) is 8.10. The third kappa shape index (κ3) is 2.98. The summed E-state index contributed by atoms with van der Waals surface area (Å²) in [5.41, 5.74) is 3.10. The minimum Gasteiger partial charge on any atom is -0.340 e. The molecule has 1 fully saturated rings. The smallest absolute Gasteiger partial charge is 0.244 e. The van der Waals surface area contributed by atoms with Crippen molar-refractivity contribution in [1.82, 2.24) is 19.3 Å². The van der Waals surface area contributed by atoms with Crippen molar-refractivity contribution in [3.05, 3.63) is 48.3 Å². The Morgan fingerprint density at radius 2 is 1.92 bits per heavy atom. The lowest BCUT2D eigenvalue weighted by atomic mass is 10.2. The van der Waals surface area contributed by atoms with E-state index in [0.29, 0.717) is 26.2 Å². The van der Waals surface area contributed by atoms with Crippen molar-refractivity contribution in [1.29, 1.82) is 0 Å². The number of hydrogen-bond donors (Lipinski definition) is 1. The fraction of sp³-hybridized carbons (Fsp3) is 0.294. The first-order chi connectivity index (χ1) is 12.0. The lowest BCUT2D eigenvalue weighted by Gasteiger charge is -2.33. The van der Waals surface area contributed by atoms with Gasteiger partial charge in [0.1, 0.15) is 4.90 Å². The molecule has 0 amide bonds. The van der Waals surface area contributed by atoms with Gasteiger partial charge in [0.25, 0.3) is 0 Å². The summed E-state index contributed by atoms with van der Waals surface area (Å²) in [6, 6.07) is 9.31. The van der Waals surface area contributed by atoms with Gasteiger partial charge in [0.05, 0.1) is 11.0 Å². The maximum Gasteiger partial charge on any atom is 0.244 e. The Hall–Kier alpha value is -2.45. The van der Waals surface area contributed by atoms with Crippen LogP contribution in [0.3, 0.4) is 0 Å². The Morgan fingerprint density at radius 3 is 2.64 bits per heavy atom. The largest absolute Gasteiger partial charge is 0.340 e. The molecule has 1 aromatic carbocycles. The number of rotatable bonds is 3. The molecule has 0 unspecified atom stereocenters. The van der Waals surface area contributed by atoms with Gasteiger partial charge in [-0.3, -0.25) is 4.98 Å². The van der Waals surface area contributed by atoms with Crippen LogP contribution in [0.2, 0.25) is 0 Å². The fourth-order valence-electron chi connectivity index (χ4n) is 3.05. The Labute approximate surface area is 146 Å². The highest BCUT2D eigenvalue weighted by atomic mass is 32.2. The summed E-state index contributed by atoms with van der Waals surface area (Å²) in [6.45, 7) is 4.08. The normalized spacial score (nSPS) is 16.4. The molecule has 0 bridgehead atoms. The van der Waals surface area contributed by atoms with Crippen molar-refractivity contribution in [3.8, 4) is 0 Å². The molecule has 0 atom stereocenters. The van der Waals surface area contributed by atoms with Crippen LogP contribution in [0.1, 0.15) is 5.56 Å². The van der Waals surface area contributed by atoms with Gasteiger partial charge in [0.2, 0.25) is 16.0 Å². The van der Waals surface area contributed by atoms with Crippen LogP contribution in [0, 0.1) is 6.92 Å². The molecule has 130 valence electrons. The minimum absolute atomic E-state index is 0.239. The standard InChI is InChI=1S/C17H19N5O2S/c1-13-4-5-15-16(11-13)20-17(19-15)21-7-9-22(10-8-21)25(23,24)14-3-2-6-18-12-14/h2-6,11-12H,7-10H2,1H3,(H,19,20). The quantitative estimate of drug-likeness (QED) is 0.773. The second-order valence-electron chi connectivity index (χ2n) is 6.16. The van der Waals surface area contributed by atoms with Crippen molar-refractivity contribution < 1.29 is 8.42 Å². The highest BCUT2D eigenvalue weighted by molar-refractivity contribution is 7.89. The zero-order valence-electron chi connectivity index (χ0n) is 13.9. The van der Waals surface area contributed by atoms with Crippen LogP contribution in [0.5, 0.6) is 0 Å². The van der Waals surface area contributed by atoms with E-state index in [9.17, 15) is 8.42 Å². The molecule has 3 aromatic rings. The van der Waals surface area contributed by atoms with Crippen LogP contribution in [-0.2, 0) is 10.0 Å². The molecule has 0 radical (unpaired) electrons. The van der Waals surface area contributed by atoms with Gasteiger partial charge in [-0.15, -0.1) is 0 Å². The number of sulfonamides is 1.